The number of nitrogens with zero attached hydrogens (tertiary/aromatic N) is 5. The molecular weight excluding hydrogens is 612 g/mol. The van der Waals surface area contributed by atoms with E-state index in [1.807, 2.05) is 65.6 Å². The first-order chi connectivity index (χ1) is 21.4. The number of carbonyl (C=O) groups excluding carboxylic acids is 1. The number of halogens is 1. The maximum Gasteiger partial charge on any atom is 0.254 e. The minimum absolute atomic E-state index is 0.0286. The van der Waals surface area contributed by atoms with Crippen LogP contribution in [0.15, 0.2) is 114 Å². The lowest BCUT2D eigenvalue weighted by molar-refractivity contribution is 0.0605. The Balaban J connectivity index is 1.50. The average Bonchev–Trinajstić information content (AvgIpc) is 3.46. The number of aromatic nitrogens is 3. The molecule has 2 heterocycles. The summed E-state index contributed by atoms with van der Waals surface area (Å²) in [6, 6.07) is 33.3. The number of hydrogen-bond donors (Lipinski definition) is 1. The van der Waals surface area contributed by atoms with Crippen molar-refractivity contribution in [2.24, 2.45) is 5.92 Å². The summed E-state index contributed by atoms with van der Waals surface area (Å²) in [7, 11) is 0. The molecule has 44 heavy (non-hydrogen) atoms. The molecular formula is C36H35BrN6O. The highest BCUT2D eigenvalue weighted by atomic mass is 79.9. The molecule has 222 valence electrons. The van der Waals surface area contributed by atoms with Gasteiger partial charge in [-0.3, -0.25) is 4.79 Å². The third-order valence-electron chi connectivity index (χ3n) is 7.41. The Labute approximate surface area is 267 Å². The van der Waals surface area contributed by atoms with Crippen LogP contribution in [0, 0.1) is 17.2 Å². The summed E-state index contributed by atoms with van der Waals surface area (Å²) in [6.07, 6.45) is 4.35. The van der Waals surface area contributed by atoms with E-state index < -0.39 is 0 Å². The lowest BCUT2D eigenvalue weighted by Crippen LogP contribution is -2.40. The van der Waals surface area contributed by atoms with Crippen molar-refractivity contribution in [1.82, 2.24) is 19.4 Å². The highest BCUT2D eigenvalue weighted by molar-refractivity contribution is 9.10. The normalized spacial score (nSPS) is 11.6. The van der Waals surface area contributed by atoms with E-state index in [2.05, 4.69) is 81.2 Å². The Kier molecular flexibility index (Phi) is 10.2. The average molecular weight is 648 g/mol. The van der Waals surface area contributed by atoms with Gasteiger partial charge in [-0.15, -0.1) is 0 Å². The van der Waals surface area contributed by atoms with Crippen LogP contribution in [0.25, 0.3) is 11.3 Å². The number of hydrogen-bond acceptors (Lipinski definition) is 5. The van der Waals surface area contributed by atoms with Gasteiger partial charge in [0, 0.05) is 47.6 Å². The monoisotopic (exact) mass is 646 g/mol. The topological polar surface area (TPSA) is 86.8 Å². The third kappa shape index (κ3) is 7.61. The van der Waals surface area contributed by atoms with Gasteiger partial charge < -0.3 is 14.8 Å². The fourth-order valence-corrected chi connectivity index (χ4v) is 5.70. The van der Waals surface area contributed by atoms with Crippen LogP contribution in [0.4, 0.5) is 5.82 Å². The molecule has 0 spiro atoms. The molecule has 7 nitrogen and oxygen atoms in total. The van der Waals surface area contributed by atoms with Crippen molar-refractivity contribution in [3.05, 3.63) is 136 Å². The second-order valence-corrected chi connectivity index (χ2v) is 11.9. The molecule has 0 bridgehead atoms. The predicted octanol–water partition coefficient (Wildman–Crippen LogP) is 7.97. The largest absolute Gasteiger partial charge is 0.370 e. The van der Waals surface area contributed by atoms with Crippen molar-refractivity contribution in [1.29, 1.82) is 5.26 Å². The molecule has 0 aliphatic carbocycles. The van der Waals surface area contributed by atoms with Crippen LogP contribution in [0.2, 0.25) is 0 Å². The van der Waals surface area contributed by atoms with Gasteiger partial charge in [-0.05, 0) is 54.3 Å². The summed E-state index contributed by atoms with van der Waals surface area (Å²) >= 11 is 3.61. The zero-order valence-electron chi connectivity index (χ0n) is 24.9. The smallest absolute Gasteiger partial charge is 0.254 e. The summed E-state index contributed by atoms with van der Waals surface area (Å²) in [5.41, 5.74) is 4.20. The quantitative estimate of drug-likeness (QED) is 0.139. The number of pyridine rings is 1. The van der Waals surface area contributed by atoms with E-state index in [1.165, 1.54) is 0 Å². The van der Waals surface area contributed by atoms with E-state index in [9.17, 15) is 4.79 Å². The predicted molar refractivity (Wildman–Crippen MR) is 178 cm³/mol. The minimum atomic E-state index is -0.277. The van der Waals surface area contributed by atoms with Crippen molar-refractivity contribution in [3.63, 3.8) is 0 Å². The molecule has 1 atom stereocenters. The molecule has 3 aromatic carbocycles. The van der Waals surface area contributed by atoms with E-state index in [-0.39, 0.29) is 17.9 Å². The minimum Gasteiger partial charge on any atom is -0.370 e. The number of carbonyl (C=O) groups is 1. The fraction of sp³-hybridized carbons (Fsp3) is 0.222. The molecule has 0 unspecified atom stereocenters. The van der Waals surface area contributed by atoms with Gasteiger partial charge in [0.1, 0.15) is 17.7 Å². The standard InChI is InChI=1S/C36H35BrN6O/c1-26(2)34(35-41-32(30-15-9-16-31(37)21-30)25-42(35)24-27-11-5-3-6-12-27)43(36(44)29-13-7-4-8-14-29)20-10-19-39-33-18-17-28(22-38)23-40-33/h3-9,11-18,21,23,25-26,34H,10,19-20,24H2,1-2H3,(H,39,40)/t34-/m1/s1. The maximum atomic E-state index is 14.2. The molecule has 1 N–H and O–H groups in total. The number of benzene rings is 3. The van der Waals surface area contributed by atoms with Gasteiger partial charge >= 0.3 is 0 Å². The first-order valence-corrected chi connectivity index (χ1v) is 15.5. The van der Waals surface area contributed by atoms with E-state index in [0.29, 0.717) is 43.0 Å². The molecule has 5 aromatic rings. The summed E-state index contributed by atoms with van der Waals surface area (Å²) in [5, 5.41) is 12.4. The number of amides is 1. The molecule has 0 fully saturated rings. The van der Waals surface area contributed by atoms with Crippen molar-refractivity contribution in [2.75, 3.05) is 18.4 Å². The number of rotatable bonds is 12. The van der Waals surface area contributed by atoms with Gasteiger partial charge in [0.2, 0.25) is 0 Å². The van der Waals surface area contributed by atoms with Gasteiger partial charge in [-0.25, -0.2) is 9.97 Å². The van der Waals surface area contributed by atoms with E-state index in [1.54, 1.807) is 18.3 Å². The molecule has 0 aliphatic rings. The number of anilines is 1. The van der Waals surface area contributed by atoms with Crippen LogP contribution in [-0.2, 0) is 6.54 Å². The SMILES string of the molecule is CC(C)[C@H](c1nc(-c2cccc(Br)c2)cn1Cc1ccccc1)N(CCCNc1ccc(C#N)cn1)C(=O)c1ccccc1. The van der Waals surface area contributed by atoms with Crippen LogP contribution in [0.5, 0.6) is 0 Å². The Morgan fingerprint density at radius 2 is 1.75 bits per heavy atom. The van der Waals surface area contributed by atoms with Gasteiger partial charge in [0.25, 0.3) is 5.91 Å². The Hall–Kier alpha value is -4.74. The zero-order valence-corrected chi connectivity index (χ0v) is 26.5. The van der Waals surface area contributed by atoms with Crippen LogP contribution in [0.3, 0.4) is 0 Å². The fourth-order valence-electron chi connectivity index (χ4n) is 5.30. The number of nitriles is 1. The van der Waals surface area contributed by atoms with Crippen molar-refractivity contribution in [3.8, 4) is 17.3 Å². The van der Waals surface area contributed by atoms with Crippen molar-refractivity contribution >= 4 is 27.7 Å². The second-order valence-electron chi connectivity index (χ2n) is 11.0. The lowest BCUT2D eigenvalue weighted by atomic mass is 9.99. The van der Waals surface area contributed by atoms with Gasteiger partial charge in [0.05, 0.1) is 17.3 Å². The van der Waals surface area contributed by atoms with Crippen LogP contribution in [-0.4, -0.2) is 38.4 Å². The van der Waals surface area contributed by atoms with E-state index in [0.717, 1.165) is 27.1 Å². The molecule has 8 heteroatoms. The van der Waals surface area contributed by atoms with Crippen molar-refractivity contribution in [2.45, 2.75) is 32.9 Å². The first-order valence-electron chi connectivity index (χ1n) is 14.8. The van der Waals surface area contributed by atoms with Crippen molar-refractivity contribution < 1.29 is 4.79 Å². The Bertz CT molecular complexity index is 1710. The summed E-state index contributed by atoms with van der Waals surface area (Å²) < 4.78 is 3.18. The maximum absolute atomic E-state index is 14.2. The molecule has 0 radical (unpaired) electrons. The molecule has 0 saturated heterocycles. The molecule has 1 amide bonds. The summed E-state index contributed by atoms with van der Waals surface area (Å²) in [6.45, 7) is 6.07. The second kappa shape index (κ2) is 14.6. The molecule has 0 aliphatic heterocycles. The molecule has 0 saturated carbocycles. The highest BCUT2D eigenvalue weighted by Gasteiger charge is 2.32. The summed E-state index contributed by atoms with van der Waals surface area (Å²) in [5.74, 6) is 1.61. The summed E-state index contributed by atoms with van der Waals surface area (Å²) in [4.78, 5) is 25.7. The van der Waals surface area contributed by atoms with Crippen LogP contribution >= 0.6 is 15.9 Å². The van der Waals surface area contributed by atoms with Gasteiger partial charge in [-0.2, -0.15) is 5.26 Å². The Morgan fingerprint density at radius 3 is 2.41 bits per heavy atom. The lowest BCUT2D eigenvalue weighted by Gasteiger charge is -2.35. The van der Waals surface area contributed by atoms with E-state index >= 15 is 0 Å². The third-order valence-corrected chi connectivity index (χ3v) is 7.90. The van der Waals surface area contributed by atoms with Gasteiger partial charge in [0.15, 0.2) is 0 Å². The molecule has 2 aromatic heterocycles. The number of nitrogens with one attached hydrogen (secondary N) is 1. The van der Waals surface area contributed by atoms with Gasteiger partial charge in [-0.1, -0.05) is 90.4 Å². The highest BCUT2D eigenvalue weighted by Crippen LogP contribution is 2.33. The number of imidazole rings is 1. The Morgan fingerprint density at radius 1 is 1.00 bits per heavy atom. The van der Waals surface area contributed by atoms with Crippen LogP contribution in [0.1, 0.15) is 53.6 Å². The van der Waals surface area contributed by atoms with E-state index in [4.69, 9.17) is 10.2 Å². The van der Waals surface area contributed by atoms with Crippen LogP contribution < -0.4 is 5.32 Å². The molecule has 5 rings (SSSR count). The zero-order chi connectivity index (χ0) is 30.9. The first kappa shape index (κ1) is 30.7.